The summed E-state index contributed by atoms with van der Waals surface area (Å²) in [6.45, 7) is 3.14. The zero-order valence-electron chi connectivity index (χ0n) is 14.6. The van der Waals surface area contributed by atoms with Gasteiger partial charge in [0.25, 0.3) is 5.22 Å². The normalized spacial score (nSPS) is 11.8. The van der Waals surface area contributed by atoms with E-state index in [1.54, 1.807) is 31.2 Å². The molecule has 8 heteroatoms. The number of hydrogen-bond donors (Lipinski definition) is 1. The molecule has 0 radical (unpaired) electrons. The first-order valence-corrected chi connectivity index (χ1v) is 8.99. The monoisotopic (exact) mass is 385 g/mol. The van der Waals surface area contributed by atoms with Crippen molar-refractivity contribution in [3.63, 3.8) is 0 Å². The number of aromatic nitrogens is 2. The lowest BCUT2D eigenvalue weighted by atomic mass is 10.1. The predicted molar refractivity (Wildman–Crippen MR) is 100 cm³/mol. The van der Waals surface area contributed by atoms with Crippen LogP contribution in [-0.4, -0.2) is 27.1 Å². The van der Waals surface area contributed by atoms with Crippen LogP contribution in [0.1, 0.15) is 24.2 Å². The van der Waals surface area contributed by atoms with Crippen molar-refractivity contribution in [1.82, 2.24) is 10.2 Å². The lowest BCUT2D eigenvalue weighted by Crippen LogP contribution is -2.23. The summed E-state index contributed by atoms with van der Waals surface area (Å²) >= 11 is 1.09. The second-order valence-corrected chi connectivity index (χ2v) is 7.02. The number of carbonyl (C=O) groups excluding carboxylic acids is 2. The van der Waals surface area contributed by atoms with E-state index in [2.05, 4.69) is 15.5 Å². The Kier molecular flexibility index (Phi) is 5.66. The lowest BCUT2D eigenvalue weighted by molar-refractivity contribution is -0.115. The summed E-state index contributed by atoms with van der Waals surface area (Å²) in [6, 6.07) is 12.5. The van der Waals surface area contributed by atoms with E-state index in [4.69, 9.17) is 4.42 Å². The molecule has 0 bridgehead atoms. The minimum absolute atomic E-state index is 0.132. The van der Waals surface area contributed by atoms with Crippen LogP contribution in [0.25, 0.3) is 11.5 Å². The number of ketones is 1. The van der Waals surface area contributed by atoms with Crippen molar-refractivity contribution >= 4 is 29.1 Å². The SMILES string of the molecule is CC(=O)c1ccccc1NC(=O)[C@@H](C)Sc1nnc(-c2ccc(F)cc2)o1. The van der Waals surface area contributed by atoms with Crippen LogP contribution in [-0.2, 0) is 4.79 Å². The van der Waals surface area contributed by atoms with E-state index in [1.165, 1.54) is 31.2 Å². The van der Waals surface area contributed by atoms with Gasteiger partial charge < -0.3 is 9.73 Å². The van der Waals surface area contributed by atoms with E-state index in [0.717, 1.165) is 11.8 Å². The number of benzene rings is 2. The molecular weight excluding hydrogens is 369 g/mol. The van der Waals surface area contributed by atoms with Gasteiger partial charge in [-0.05, 0) is 50.2 Å². The summed E-state index contributed by atoms with van der Waals surface area (Å²) in [7, 11) is 0. The number of anilines is 1. The molecule has 0 saturated heterocycles. The standard InChI is InChI=1S/C19H16FN3O3S/c1-11(24)15-5-3-4-6-16(15)21-17(25)12(2)27-19-23-22-18(26-19)13-7-9-14(20)10-8-13/h3-10,12H,1-2H3,(H,21,25)/t12-/m1/s1. The van der Waals surface area contributed by atoms with E-state index in [0.29, 0.717) is 16.8 Å². The van der Waals surface area contributed by atoms with Crippen LogP contribution < -0.4 is 5.32 Å². The number of nitrogens with zero attached hydrogens (tertiary/aromatic N) is 2. The minimum atomic E-state index is -0.536. The van der Waals surface area contributed by atoms with Gasteiger partial charge in [0.05, 0.1) is 10.9 Å². The Bertz CT molecular complexity index is 972. The number of carbonyl (C=O) groups is 2. The maximum absolute atomic E-state index is 13.0. The van der Waals surface area contributed by atoms with Gasteiger partial charge in [-0.25, -0.2) is 4.39 Å². The van der Waals surface area contributed by atoms with Gasteiger partial charge in [-0.2, -0.15) is 0 Å². The van der Waals surface area contributed by atoms with Crippen molar-refractivity contribution in [2.24, 2.45) is 0 Å². The third-order valence-corrected chi connectivity index (χ3v) is 4.64. The van der Waals surface area contributed by atoms with Gasteiger partial charge in [0.2, 0.25) is 11.8 Å². The van der Waals surface area contributed by atoms with Crippen LogP contribution in [0.2, 0.25) is 0 Å². The first kappa shape index (κ1) is 18.8. The highest BCUT2D eigenvalue weighted by Crippen LogP contribution is 2.27. The molecule has 3 rings (SSSR count). The molecule has 1 aromatic heterocycles. The average Bonchev–Trinajstić information content (AvgIpc) is 3.11. The quantitative estimate of drug-likeness (QED) is 0.506. The first-order valence-electron chi connectivity index (χ1n) is 8.11. The van der Waals surface area contributed by atoms with Gasteiger partial charge in [0.15, 0.2) is 5.78 Å². The van der Waals surface area contributed by atoms with Crippen LogP contribution in [0.3, 0.4) is 0 Å². The Hall–Kier alpha value is -3.00. The topological polar surface area (TPSA) is 85.1 Å². The highest BCUT2D eigenvalue weighted by Gasteiger charge is 2.20. The van der Waals surface area contributed by atoms with Gasteiger partial charge in [-0.1, -0.05) is 23.9 Å². The molecule has 0 aliphatic rings. The molecule has 0 aliphatic heterocycles. The number of nitrogens with one attached hydrogen (secondary N) is 1. The fraction of sp³-hybridized carbons (Fsp3) is 0.158. The number of halogens is 1. The third kappa shape index (κ3) is 4.59. The highest BCUT2D eigenvalue weighted by molar-refractivity contribution is 8.00. The smallest absolute Gasteiger partial charge is 0.277 e. The Morgan fingerprint density at radius 2 is 1.81 bits per heavy atom. The van der Waals surface area contributed by atoms with E-state index in [-0.39, 0.29) is 28.6 Å². The molecule has 1 amide bonds. The molecule has 1 N–H and O–H groups in total. The van der Waals surface area contributed by atoms with Gasteiger partial charge in [0.1, 0.15) is 5.82 Å². The molecule has 0 unspecified atom stereocenters. The number of amides is 1. The molecular formula is C19H16FN3O3S. The fourth-order valence-electron chi connectivity index (χ4n) is 2.30. The fourth-order valence-corrected chi connectivity index (χ4v) is 2.99. The molecule has 0 spiro atoms. The summed E-state index contributed by atoms with van der Waals surface area (Å²) in [4.78, 5) is 24.1. The maximum Gasteiger partial charge on any atom is 0.277 e. The minimum Gasteiger partial charge on any atom is -0.411 e. The average molecular weight is 385 g/mol. The van der Waals surface area contributed by atoms with Crippen LogP contribution in [0.4, 0.5) is 10.1 Å². The van der Waals surface area contributed by atoms with Crippen LogP contribution in [0, 0.1) is 5.82 Å². The number of hydrogen-bond acceptors (Lipinski definition) is 6. The largest absolute Gasteiger partial charge is 0.411 e. The van der Waals surface area contributed by atoms with Crippen molar-refractivity contribution in [2.75, 3.05) is 5.32 Å². The molecule has 6 nitrogen and oxygen atoms in total. The van der Waals surface area contributed by atoms with Crippen molar-refractivity contribution < 1.29 is 18.4 Å². The zero-order valence-corrected chi connectivity index (χ0v) is 15.4. The van der Waals surface area contributed by atoms with Gasteiger partial charge in [0, 0.05) is 11.1 Å². The van der Waals surface area contributed by atoms with Crippen LogP contribution >= 0.6 is 11.8 Å². The van der Waals surface area contributed by atoms with Crippen molar-refractivity contribution in [3.05, 3.63) is 59.9 Å². The van der Waals surface area contributed by atoms with Crippen molar-refractivity contribution in [3.8, 4) is 11.5 Å². The Balaban J connectivity index is 1.67. The molecule has 138 valence electrons. The van der Waals surface area contributed by atoms with Crippen molar-refractivity contribution in [1.29, 1.82) is 0 Å². The summed E-state index contributed by atoms with van der Waals surface area (Å²) < 4.78 is 18.5. The maximum atomic E-state index is 13.0. The number of rotatable bonds is 6. The Morgan fingerprint density at radius 3 is 2.52 bits per heavy atom. The van der Waals surface area contributed by atoms with Crippen LogP contribution in [0.5, 0.6) is 0 Å². The Morgan fingerprint density at radius 1 is 1.11 bits per heavy atom. The highest BCUT2D eigenvalue weighted by atomic mass is 32.2. The number of Topliss-reactive ketones (excluding diaryl/α,β-unsaturated/α-hetero) is 1. The lowest BCUT2D eigenvalue weighted by Gasteiger charge is -2.12. The van der Waals surface area contributed by atoms with Crippen molar-refractivity contribution in [2.45, 2.75) is 24.3 Å². The van der Waals surface area contributed by atoms with Gasteiger partial charge >= 0.3 is 0 Å². The summed E-state index contributed by atoms with van der Waals surface area (Å²) in [5.41, 5.74) is 1.49. The number of para-hydroxylation sites is 1. The molecule has 2 aromatic carbocycles. The summed E-state index contributed by atoms with van der Waals surface area (Å²) in [5, 5.41) is 10.3. The second-order valence-electron chi connectivity index (χ2n) is 5.73. The Labute approximate surface area is 159 Å². The molecule has 1 atom stereocenters. The van der Waals surface area contributed by atoms with E-state index >= 15 is 0 Å². The molecule has 0 saturated carbocycles. The molecule has 3 aromatic rings. The van der Waals surface area contributed by atoms with E-state index in [1.807, 2.05) is 0 Å². The molecule has 0 aliphatic carbocycles. The second kappa shape index (κ2) is 8.13. The van der Waals surface area contributed by atoms with Gasteiger partial charge in [-0.15, -0.1) is 10.2 Å². The van der Waals surface area contributed by atoms with E-state index < -0.39 is 5.25 Å². The molecule has 27 heavy (non-hydrogen) atoms. The van der Waals surface area contributed by atoms with Crippen LogP contribution in [0.15, 0.2) is 58.2 Å². The zero-order chi connectivity index (χ0) is 19.4. The number of thioether (sulfide) groups is 1. The first-order chi connectivity index (χ1) is 12.9. The van der Waals surface area contributed by atoms with Gasteiger partial charge in [-0.3, -0.25) is 9.59 Å². The third-order valence-electron chi connectivity index (χ3n) is 3.71. The summed E-state index contributed by atoms with van der Waals surface area (Å²) in [6.07, 6.45) is 0. The molecule has 0 fully saturated rings. The molecule has 1 heterocycles. The summed E-state index contributed by atoms with van der Waals surface area (Å²) in [5.74, 6) is -0.543. The van der Waals surface area contributed by atoms with E-state index in [9.17, 15) is 14.0 Å². The predicted octanol–water partition coefficient (Wildman–Crippen LogP) is 4.20.